The van der Waals surface area contributed by atoms with Gasteiger partial charge < -0.3 is 5.32 Å². The van der Waals surface area contributed by atoms with E-state index in [2.05, 4.69) is 24.7 Å². The number of hydrogen-bond donors (Lipinski definition) is 3. The predicted molar refractivity (Wildman–Crippen MR) is 126 cm³/mol. The number of rotatable bonds is 7. The molecule has 0 saturated heterocycles. The molecule has 12 heteroatoms. The van der Waals surface area contributed by atoms with Gasteiger partial charge in [0.25, 0.3) is 15.9 Å². The SMILES string of the molecule is Cc1cc(C)nc(NS(=O)(=O)c2ccc(NC(=O)c3ccc(NS(C)(=O)=O)c(C)c3)cc2)n1. The number of carbonyl (C=O) groups is 1. The minimum absolute atomic E-state index is 0.0182. The fraction of sp³-hybridized carbons (Fsp3) is 0.190. The topological polar surface area (TPSA) is 147 Å². The summed E-state index contributed by atoms with van der Waals surface area (Å²) in [5, 5.41) is 2.68. The van der Waals surface area contributed by atoms with Crippen LogP contribution < -0.4 is 14.8 Å². The summed E-state index contributed by atoms with van der Waals surface area (Å²) in [6.07, 6.45) is 1.04. The quantitative estimate of drug-likeness (QED) is 0.462. The summed E-state index contributed by atoms with van der Waals surface area (Å²) in [6.45, 7) is 5.15. The lowest BCUT2D eigenvalue weighted by molar-refractivity contribution is 0.102. The Kier molecular flexibility index (Phi) is 6.70. The summed E-state index contributed by atoms with van der Waals surface area (Å²) in [6, 6.07) is 11.9. The number of hydrogen-bond acceptors (Lipinski definition) is 7. The number of carbonyl (C=O) groups excluding carboxylic acids is 1. The van der Waals surface area contributed by atoms with E-state index >= 15 is 0 Å². The summed E-state index contributed by atoms with van der Waals surface area (Å²) in [4.78, 5) is 20.7. The molecule has 2 aromatic carbocycles. The van der Waals surface area contributed by atoms with Gasteiger partial charge in [-0.2, -0.15) is 0 Å². The lowest BCUT2D eigenvalue weighted by Gasteiger charge is -2.11. The summed E-state index contributed by atoms with van der Waals surface area (Å²) in [7, 11) is -7.35. The molecule has 174 valence electrons. The largest absolute Gasteiger partial charge is 0.322 e. The Balaban J connectivity index is 1.72. The molecule has 0 aliphatic heterocycles. The Morgan fingerprint density at radius 2 is 1.42 bits per heavy atom. The van der Waals surface area contributed by atoms with Crippen LogP contribution in [0.25, 0.3) is 0 Å². The molecule has 3 aromatic rings. The van der Waals surface area contributed by atoms with Crippen LogP contribution in [0.2, 0.25) is 0 Å². The van der Waals surface area contributed by atoms with Crippen LogP contribution in [0.3, 0.4) is 0 Å². The number of nitrogens with one attached hydrogen (secondary N) is 3. The van der Waals surface area contributed by atoms with Gasteiger partial charge >= 0.3 is 0 Å². The van der Waals surface area contributed by atoms with E-state index < -0.39 is 26.0 Å². The minimum Gasteiger partial charge on any atom is -0.322 e. The summed E-state index contributed by atoms with van der Waals surface area (Å²) >= 11 is 0. The Hall–Kier alpha value is -3.51. The van der Waals surface area contributed by atoms with Gasteiger partial charge in [0.2, 0.25) is 16.0 Å². The van der Waals surface area contributed by atoms with Crippen LogP contribution in [0.15, 0.2) is 53.4 Å². The molecule has 3 N–H and O–H groups in total. The van der Waals surface area contributed by atoms with Crippen LogP contribution in [-0.4, -0.2) is 39.0 Å². The molecular formula is C21H23N5O5S2. The standard InChI is InChI=1S/C21H23N5O5S2/c1-13-11-16(5-10-19(13)25-32(4,28)29)20(27)24-17-6-8-18(9-7-17)33(30,31)26-21-22-14(2)12-15(3)23-21/h5-12,25H,1-4H3,(H,24,27)(H,22,23,26). The summed E-state index contributed by atoms with van der Waals surface area (Å²) < 4.78 is 52.8. The van der Waals surface area contributed by atoms with E-state index in [9.17, 15) is 21.6 Å². The van der Waals surface area contributed by atoms with E-state index in [1.165, 1.54) is 36.4 Å². The van der Waals surface area contributed by atoms with Crippen molar-refractivity contribution in [2.45, 2.75) is 25.7 Å². The van der Waals surface area contributed by atoms with E-state index in [0.717, 1.165) is 6.26 Å². The molecule has 0 spiro atoms. The second-order valence-corrected chi connectivity index (χ2v) is 10.9. The van der Waals surface area contributed by atoms with Crippen molar-refractivity contribution in [3.05, 3.63) is 71.0 Å². The first-order valence-electron chi connectivity index (χ1n) is 9.67. The van der Waals surface area contributed by atoms with Crippen LogP contribution in [-0.2, 0) is 20.0 Å². The molecule has 0 fully saturated rings. The van der Waals surface area contributed by atoms with Crippen molar-refractivity contribution in [1.29, 1.82) is 0 Å². The molecule has 1 amide bonds. The average Bonchev–Trinajstić information content (AvgIpc) is 2.67. The lowest BCUT2D eigenvalue weighted by Crippen LogP contribution is -2.16. The Morgan fingerprint density at radius 1 is 0.818 bits per heavy atom. The monoisotopic (exact) mass is 489 g/mol. The first kappa shape index (κ1) is 24.1. The van der Waals surface area contributed by atoms with E-state index in [0.29, 0.717) is 33.9 Å². The van der Waals surface area contributed by atoms with Crippen molar-refractivity contribution in [2.75, 3.05) is 21.0 Å². The zero-order chi connectivity index (χ0) is 24.4. The van der Waals surface area contributed by atoms with Crippen LogP contribution in [0.5, 0.6) is 0 Å². The summed E-state index contributed by atoms with van der Waals surface area (Å²) in [5.74, 6) is -0.449. The van der Waals surface area contributed by atoms with Gasteiger partial charge in [0.15, 0.2) is 0 Å². The first-order valence-corrected chi connectivity index (χ1v) is 13.0. The fourth-order valence-corrected chi connectivity index (χ4v) is 4.56. The summed E-state index contributed by atoms with van der Waals surface area (Å²) in [5.41, 5.74) is 2.93. The van der Waals surface area contributed by atoms with Crippen molar-refractivity contribution in [1.82, 2.24) is 9.97 Å². The zero-order valence-corrected chi connectivity index (χ0v) is 20.0. The zero-order valence-electron chi connectivity index (χ0n) is 18.4. The van der Waals surface area contributed by atoms with Gasteiger partial charge in [0, 0.05) is 22.6 Å². The third-order valence-electron chi connectivity index (χ3n) is 4.41. The van der Waals surface area contributed by atoms with E-state index in [4.69, 9.17) is 0 Å². The number of anilines is 3. The predicted octanol–water partition coefficient (Wildman–Crippen LogP) is 2.83. The van der Waals surface area contributed by atoms with E-state index in [-0.39, 0.29) is 10.8 Å². The van der Waals surface area contributed by atoms with Gasteiger partial charge in [-0.1, -0.05) is 0 Å². The number of sulfonamides is 2. The average molecular weight is 490 g/mol. The van der Waals surface area contributed by atoms with Crippen molar-refractivity contribution in [3.63, 3.8) is 0 Å². The second-order valence-electron chi connectivity index (χ2n) is 7.46. The molecule has 33 heavy (non-hydrogen) atoms. The molecule has 0 unspecified atom stereocenters. The first-order chi connectivity index (χ1) is 15.3. The maximum atomic E-state index is 12.6. The Bertz CT molecular complexity index is 1400. The van der Waals surface area contributed by atoms with Gasteiger partial charge in [-0.3, -0.25) is 9.52 Å². The van der Waals surface area contributed by atoms with Gasteiger partial charge in [-0.05, 0) is 74.9 Å². The van der Waals surface area contributed by atoms with Gasteiger partial charge in [0.05, 0.1) is 16.8 Å². The molecule has 3 rings (SSSR count). The number of amides is 1. The third-order valence-corrected chi connectivity index (χ3v) is 6.35. The van der Waals surface area contributed by atoms with Crippen molar-refractivity contribution in [2.24, 2.45) is 0 Å². The molecule has 0 aliphatic rings. The van der Waals surface area contributed by atoms with Gasteiger partial charge in [-0.25, -0.2) is 31.5 Å². The molecular weight excluding hydrogens is 466 g/mol. The highest BCUT2D eigenvalue weighted by molar-refractivity contribution is 7.92. The molecule has 0 saturated carbocycles. The minimum atomic E-state index is -3.91. The molecule has 0 radical (unpaired) electrons. The Labute approximate surface area is 192 Å². The highest BCUT2D eigenvalue weighted by Gasteiger charge is 2.17. The molecule has 10 nitrogen and oxygen atoms in total. The maximum absolute atomic E-state index is 12.6. The van der Waals surface area contributed by atoms with E-state index in [1.54, 1.807) is 32.9 Å². The maximum Gasteiger partial charge on any atom is 0.264 e. The second kappa shape index (κ2) is 9.16. The molecule has 0 atom stereocenters. The lowest BCUT2D eigenvalue weighted by atomic mass is 10.1. The number of nitrogens with zero attached hydrogens (tertiary/aromatic N) is 2. The van der Waals surface area contributed by atoms with Crippen molar-refractivity contribution < 1.29 is 21.6 Å². The highest BCUT2D eigenvalue weighted by atomic mass is 32.2. The number of benzene rings is 2. The molecule has 0 bridgehead atoms. The van der Waals surface area contributed by atoms with E-state index in [1.807, 2.05) is 0 Å². The van der Waals surface area contributed by atoms with Crippen LogP contribution >= 0.6 is 0 Å². The smallest absolute Gasteiger partial charge is 0.264 e. The normalized spacial score (nSPS) is 11.6. The van der Waals surface area contributed by atoms with Crippen LogP contribution in [0, 0.1) is 20.8 Å². The van der Waals surface area contributed by atoms with Crippen molar-refractivity contribution >= 4 is 43.3 Å². The molecule has 1 heterocycles. The highest BCUT2D eigenvalue weighted by Crippen LogP contribution is 2.20. The molecule has 1 aromatic heterocycles. The third kappa shape index (κ3) is 6.49. The van der Waals surface area contributed by atoms with Gasteiger partial charge in [-0.15, -0.1) is 0 Å². The van der Waals surface area contributed by atoms with Crippen LogP contribution in [0.4, 0.5) is 17.3 Å². The van der Waals surface area contributed by atoms with Crippen LogP contribution in [0.1, 0.15) is 27.3 Å². The molecule has 0 aliphatic carbocycles. The number of aryl methyl sites for hydroxylation is 3. The van der Waals surface area contributed by atoms with Crippen molar-refractivity contribution in [3.8, 4) is 0 Å². The van der Waals surface area contributed by atoms with Gasteiger partial charge in [0.1, 0.15) is 0 Å². The number of aromatic nitrogens is 2. The Morgan fingerprint density at radius 3 is 1.97 bits per heavy atom. The fourth-order valence-electron chi connectivity index (χ4n) is 2.99.